The van der Waals surface area contributed by atoms with Gasteiger partial charge in [0.05, 0.1) is 16.6 Å². The van der Waals surface area contributed by atoms with Crippen molar-refractivity contribution < 1.29 is 4.42 Å². The van der Waals surface area contributed by atoms with Gasteiger partial charge in [0.15, 0.2) is 5.58 Å². The Morgan fingerprint density at radius 2 is 0.851 bits per heavy atom. The van der Waals surface area contributed by atoms with Crippen molar-refractivity contribution in [1.82, 2.24) is 9.13 Å². The standard InChI is InChI=1S/C44H28N2O/c1-2-10-29(11-3-1)30-18-23-33(24-19-30)45-39-15-7-4-12-35(39)36-27-22-32(28-41(36)45)31-20-25-34(26-21-31)46-40-16-8-5-13-37(40)44-43(46)38-14-6-9-17-42(38)47-44/h1-28H. The van der Waals surface area contributed by atoms with Gasteiger partial charge in [-0.05, 0) is 82.9 Å². The minimum Gasteiger partial charge on any atom is -0.454 e. The van der Waals surface area contributed by atoms with E-state index >= 15 is 0 Å². The van der Waals surface area contributed by atoms with Crippen molar-refractivity contribution in [2.75, 3.05) is 0 Å². The molecule has 0 saturated carbocycles. The maximum atomic E-state index is 6.38. The Balaban J connectivity index is 1.10. The van der Waals surface area contributed by atoms with Gasteiger partial charge in [-0.25, -0.2) is 0 Å². The molecule has 0 bridgehead atoms. The molecule has 0 amide bonds. The summed E-state index contributed by atoms with van der Waals surface area (Å²) in [6.07, 6.45) is 0. The van der Waals surface area contributed by atoms with E-state index in [2.05, 4.69) is 167 Å². The van der Waals surface area contributed by atoms with E-state index in [1.807, 2.05) is 12.1 Å². The van der Waals surface area contributed by atoms with Gasteiger partial charge in [0, 0.05) is 32.9 Å². The van der Waals surface area contributed by atoms with Gasteiger partial charge < -0.3 is 13.6 Å². The van der Waals surface area contributed by atoms with Gasteiger partial charge in [-0.1, -0.05) is 109 Å². The SMILES string of the molecule is c1ccc(-c2ccc(-n3c4ccccc4c4ccc(-c5ccc(-n6c7ccccc7c7oc8ccccc8c76)cc5)cc43)cc2)cc1. The molecule has 0 spiro atoms. The highest BCUT2D eigenvalue weighted by Crippen LogP contribution is 2.40. The van der Waals surface area contributed by atoms with Gasteiger partial charge in [0.25, 0.3) is 0 Å². The summed E-state index contributed by atoms with van der Waals surface area (Å²) < 4.78 is 11.1. The van der Waals surface area contributed by atoms with Crippen LogP contribution in [0.15, 0.2) is 174 Å². The van der Waals surface area contributed by atoms with Crippen molar-refractivity contribution in [2.24, 2.45) is 0 Å². The quantitative estimate of drug-likeness (QED) is 0.197. The third kappa shape index (κ3) is 3.93. The second-order valence-corrected chi connectivity index (χ2v) is 12.2. The normalized spacial score (nSPS) is 11.8. The van der Waals surface area contributed by atoms with Crippen LogP contribution in [0.25, 0.3) is 88.4 Å². The van der Waals surface area contributed by atoms with Gasteiger partial charge in [0.2, 0.25) is 0 Å². The van der Waals surface area contributed by atoms with E-state index in [4.69, 9.17) is 4.42 Å². The van der Waals surface area contributed by atoms with Crippen LogP contribution in [0.2, 0.25) is 0 Å². The highest BCUT2D eigenvalue weighted by Gasteiger charge is 2.19. The van der Waals surface area contributed by atoms with Crippen LogP contribution in [0.1, 0.15) is 0 Å². The number of hydrogen-bond acceptors (Lipinski definition) is 1. The van der Waals surface area contributed by atoms with Crippen molar-refractivity contribution in [3.8, 4) is 33.6 Å². The molecule has 3 aromatic heterocycles. The summed E-state index contributed by atoms with van der Waals surface area (Å²) in [7, 11) is 0. The smallest absolute Gasteiger partial charge is 0.161 e. The summed E-state index contributed by atoms with van der Waals surface area (Å²) >= 11 is 0. The van der Waals surface area contributed by atoms with E-state index < -0.39 is 0 Å². The molecule has 47 heavy (non-hydrogen) atoms. The lowest BCUT2D eigenvalue weighted by atomic mass is 10.0. The molecule has 3 nitrogen and oxygen atoms in total. The topological polar surface area (TPSA) is 23.0 Å². The van der Waals surface area contributed by atoms with Crippen molar-refractivity contribution >= 4 is 54.8 Å². The minimum absolute atomic E-state index is 0.909. The molecule has 0 aliphatic heterocycles. The molecule has 3 heteroatoms. The first-order chi connectivity index (χ1) is 23.3. The third-order valence-electron chi connectivity index (χ3n) is 9.55. The summed E-state index contributed by atoms with van der Waals surface area (Å²) in [5.41, 5.74) is 13.6. The fourth-order valence-electron chi connectivity index (χ4n) is 7.35. The molecule has 0 unspecified atom stereocenters. The minimum atomic E-state index is 0.909. The highest BCUT2D eigenvalue weighted by molar-refractivity contribution is 6.16. The maximum absolute atomic E-state index is 6.38. The Morgan fingerprint density at radius 1 is 0.340 bits per heavy atom. The molecule has 220 valence electrons. The fraction of sp³-hybridized carbons (Fsp3) is 0. The molecule has 0 N–H and O–H groups in total. The zero-order valence-electron chi connectivity index (χ0n) is 25.5. The highest BCUT2D eigenvalue weighted by atomic mass is 16.3. The Hall–Kier alpha value is -6.32. The lowest BCUT2D eigenvalue weighted by Gasteiger charge is -2.11. The average molecular weight is 601 g/mol. The molecule has 10 aromatic rings. The van der Waals surface area contributed by atoms with Crippen LogP contribution in [0, 0.1) is 0 Å². The van der Waals surface area contributed by atoms with E-state index in [1.165, 1.54) is 44.1 Å². The predicted molar refractivity (Wildman–Crippen MR) is 196 cm³/mol. The molecule has 0 atom stereocenters. The number of aromatic nitrogens is 2. The lowest BCUT2D eigenvalue weighted by molar-refractivity contribution is 0.673. The van der Waals surface area contributed by atoms with E-state index in [-0.39, 0.29) is 0 Å². The van der Waals surface area contributed by atoms with Crippen molar-refractivity contribution in [2.45, 2.75) is 0 Å². The van der Waals surface area contributed by atoms with Crippen LogP contribution in [0.3, 0.4) is 0 Å². The number of para-hydroxylation sites is 3. The zero-order chi connectivity index (χ0) is 30.9. The molecule has 10 rings (SSSR count). The van der Waals surface area contributed by atoms with Crippen molar-refractivity contribution in [3.63, 3.8) is 0 Å². The summed E-state index contributed by atoms with van der Waals surface area (Å²) in [5.74, 6) is 0. The van der Waals surface area contributed by atoms with Gasteiger partial charge >= 0.3 is 0 Å². The van der Waals surface area contributed by atoms with Gasteiger partial charge in [-0.15, -0.1) is 0 Å². The predicted octanol–water partition coefficient (Wildman–Crippen LogP) is 12.0. The largest absolute Gasteiger partial charge is 0.454 e. The molecule has 0 fully saturated rings. The van der Waals surface area contributed by atoms with E-state index in [9.17, 15) is 0 Å². The second kappa shape index (κ2) is 10.1. The molecule has 0 aliphatic rings. The number of benzene rings is 7. The molecule has 0 radical (unpaired) electrons. The van der Waals surface area contributed by atoms with E-state index in [1.54, 1.807) is 0 Å². The first-order valence-corrected chi connectivity index (χ1v) is 16.0. The van der Waals surface area contributed by atoms with Crippen molar-refractivity contribution in [1.29, 1.82) is 0 Å². The number of furan rings is 1. The van der Waals surface area contributed by atoms with Crippen LogP contribution < -0.4 is 0 Å². The monoisotopic (exact) mass is 600 g/mol. The Morgan fingerprint density at radius 3 is 1.60 bits per heavy atom. The van der Waals surface area contributed by atoms with Crippen LogP contribution >= 0.6 is 0 Å². The first kappa shape index (κ1) is 26.0. The Labute approximate surface area is 271 Å². The van der Waals surface area contributed by atoms with Crippen LogP contribution in [0.5, 0.6) is 0 Å². The van der Waals surface area contributed by atoms with Gasteiger partial charge in [0.1, 0.15) is 11.1 Å². The second-order valence-electron chi connectivity index (χ2n) is 12.2. The van der Waals surface area contributed by atoms with Crippen LogP contribution in [0.4, 0.5) is 0 Å². The third-order valence-corrected chi connectivity index (χ3v) is 9.55. The lowest BCUT2D eigenvalue weighted by Crippen LogP contribution is -1.95. The molecule has 3 heterocycles. The van der Waals surface area contributed by atoms with Gasteiger partial charge in [-0.2, -0.15) is 0 Å². The summed E-state index contributed by atoms with van der Waals surface area (Å²) in [5, 5.41) is 4.75. The Bertz CT molecular complexity index is 2750. The summed E-state index contributed by atoms with van der Waals surface area (Å²) in [4.78, 5) is 0. The summed E-state index contributed by atoms with van der Waals surface area (Å²) in [6, 6.07) is 60.7. The van der Waals surface area contributed by atoms with E-state index in [0.717, 1.165) is 44.3 Å². The Kier molecular flexibility index (Phi) is 5.57. The average Bonchev–Trinajstić information content (AvgIpc) is 3.79. The number of nitrogens with zero attached hydrogens (tertiary/aromatic N) is 2. The zero-order valence-corrected chi connectivity index (χ0v) is 25.5. The van der Waals surface area contributed by atoms with Gasteiger partial charge in [-0.3, -0.25) is 0 Å². The molecule has 0 saturated heterocycles. The molecular formula is C44H28N2O. The van der Waals surface area contributed by atoms with Crippen LogP contribution in [-0.2, 0) is 0 Å². The first-order valence-electron chi connectivity index (χ1n) is 16.0. The fourth-order valence-corrected chi connectivity index (χ4v) is 7.35. The molecule has 7 aromatic carbocycles. The number of fused-ring (bicyclic) bond motifs is 8. The maximum Gasteiger partial charge on any atom is 0.161 e. The number of hydrogen-bond donors (Lipinski definition) is 0. The van der Waals surface area contributed by atoms with E-state index in [0.29, 0.717) is 0 Å². The summed E-state index contributed by atoms with van der Waals surface area (Å²) in [6.45, 7) is 0. The van der Waals surface area contributed by atoms with Crippen molar-refractivity contribution in [3.05, 3.63) is 170 Å². The number of rotatable bonds is 4. The van der Waals surface area contributed by atoms with Crippen LogP contribution in [-0.4, -0.2) is 9.13 Å². The molecular weight excluding hydrogens is 572 g/mol. The molecule has 0 aliphatic carbocycles.